The van der Waals surface area contributed by atoms with Gasteiger partial charge in [0.15, 0.2) is 0 Å². The zero-order valence-electron chi connectivity index (χ0n) is 14.0. The average molecular weight is 324 g/mol. The fourth-order valence-electron chi connectivity index (χ4n) is 3.25. The van der Waals surface area contributed by atoms with Crippen molar-refractivity contribution in [1.82, 2.24) is 9.88 Å². The third-order valence-corrected chi connectivity index (χ3v) is 4.62. The summed E-state index contributed by atoms with van der Waals surface area (Å²) < 4.78 is 0. The van der Waals surface area contributed by atoms with Gasteiger partial charge in [0.25, 0.3) is 5.91 Å². The van der Waals surface area contributed by atoms with Crippen molar-refractivity contribution in [2.45, 2.75) is 25.8 Å². The molecule has 3 rings (SSSR count). The normalized spacial score (nSPS) is 16.0. The van der Waals surface area contributed by atoms with Crippen LogP contribution < -0.4 is 11.1 Å². The summed E-state index contributed by atoms with van der Waals surface area (Å²) in [5.41, 5.74) is 9.17. The van der Waals surface area contributed by atoms with Gasteiger partial charge in [0.2, 0.25) is 0 Å². The van der Waals surface area contributed by atoms with Crippen molar-refractivity contribution < 1.29 is 4.79 Å². The number of anilines is 1. The van der Waals surface area contributed by atoms with Crippen LogP contribution in [0.5, 0.6) is 0 Å². The largest absolute Gasteiger partial charge is 0.382 e. The van der Waals surface area contributed by atoms with Gasteiger partial charge in [-0.05, 0) is 44.5 Å². The van der Waals surface area contributed by atoms with Crippen LogP contribution in [-0.2, 0) is 0 Å². The Morgan fingerprint density at radius 1 is 1.25 bits per heavy atom. The molecule has 0 aliphatic carbocycles. The maximum atomic E-state index is 11.6. The Hall–Kier alpha value is -2.40. The molecule has 1 aromatic carbocycles. The molecule has 1 unspecified atom stereocenters. The first-order valence-corrected chi connectivity index (χ1v) is 8.43. The first-order chi connectivity index (χ1) is 11.6. The van der Waals surface area contributed by atoms with E-state index in [-0.39, 0.29) is 6.04 Å². The van der Waals surface area contributed by atoms with Crippen LogP contribution in [0, 0.1) is 6.92 Å². The summed E-state index contributed by atoms with van der Waals surface area (Å²) in [6.45, 7) is 5.05. The number of aromatic nitrogens is 1. The lowest BCUT2D eigenvalue weighted by molar-refractivity contribution is 0.100. The Labute approximate surface area is 142 Å². The Kier molecular flexibility index (Phi) is 5.11. The van der Waals surface area contributed by atoms with Crippen molar-refractivity contribution in [3.63, 3.8) is 0 Å². The Bertz CT molecular complexity index is 693. The van der Waals surface area contributed by atoms with Crippen LogP contribution >= 0.6 is 0 Å². The van der Waals surface area contributed by atoms with Crippen molar-refractivity contribution in [2.75, 3.05) is 25.0 Å². The molecule has 126 valence electrons. The Morgan fingerprint density at radius 2 is 1.96 bits per heavy atom. The molecule has 2 heterocycles. The van der Waals surface area contributed by atoms with E-state index < -0.39 is 5.91 Å². The van der Waals surface area contributed by atoms with E-state index in [4.69, 9.17) is 5.73 Å². The zero-order valence-corrected chi connectivity index (χ0v) is 14.0. The molecule has 1 aromatic heterocycles. The summed E-state index contributed by atoms with van der Waals surface area (Å²) in [5.74, 6) is -0.460. The van der Waals surface area contributed by atoms with Gasteiger partial charge in [-0.1, -0.05) is 29.8 Å². The SMILES string of the molecule is Cc1ccc(C(CNc2ccncc2C(N)=O)N2CCCC2)cc1. The molecule has 2 aromatic rings. The van der Waals surface area contributed by atoms with E-state index in [0.717, 1.165) is 25.3 Å². The molecular formula is C19H24N4O. The summed E-state index contributed by atoms with van der Waals surface area (Å²) in [7, 11) is 0. The van der Waals surface area contributed by atoms with Crippen molar-refractivity contribution in [3.05, 3.63) is 59.4 Å². The van der Waals surface area contributed by atoms with Crippen LogP contribution in [-0.4, -0.2) is 35.4 Å². The minimum atomic E-state index is -0.460. The second-order valence-corrected chi connectivity index (χ2v) is 6.34. The third-order valence-electron chi connectivity index (χ3n) is 4.62. The van der Waals surface area contributed by atoms with Crippen LogP contribution in [0.25, 0.3) is 0 Å². The number of carbonyl (C=O) groups excluding carboxylic acids is 1. The lowest BCUT2D eigenvalue weighted by Gasteiger charge is -2.29. The second kappa shape index (κ2) is 7.45. The highest BCUT2D eigenvalue weighted by atomic mass is 16.1. The van der Waals surface area contributed by atoms with Crippen molar-refractivity contribution in [1.29, 1.82) is 0 Å². The lowest BCUT2D eigenvalue weighted by Crippen LogP contribution is -2.31. The summed E-state index contributed by atoms with van der Waals surface area (Å²) >= 11 is 0. The first kappa shape index (κ1) is 16.5. The summed E-state index contributed by atoms with van der Waals surface area (Å²) in [4.78, 5) is 18.1. The molecule has 1 saturated heterocycles. The number of amides is 1. The molecule has 1 aliphatic rings. The summed E-state index contributed by atoms with van der Waals surface area (Å²) in [5, 5.41) is 3.40. The highest BCUT2D eigenvalue weighted by molar-refractivity contribution is 5.98. The molecule has 1 atom stereocenters. The predicted octanol–water partition coefficient (Wildman–Crippen LogP) is 2.74. The van der Waals surface area contributed by atoms with Gasteiger partial charge in [0.05, 0.1) is 17.3 Å². The highest BCUT2D eigenvalue weighted by Gasteiger charge is 2.23. The standard InChI is InChI=1S/C19H24N4O/c1-14-4-6-15(7-5-14)18(23-10-2-3-11-23)13-22-17-8-9-21-12-16(17)19(20)24/h4-9,12,18H,2-3,10-11,13H2,1H3,(H2,20,24)(H,21,22). The second-order valence-electron chi connectivity index (χ2n) is 6.34. The quantitative estimate of drug-likeness (QED) is 0.857. The molecule has 24 heavy (non-hydrogen) atoms. The number of nitrogens with zero attached hydrogens (tertiary/aromatic N) is 2. The maximum Gasteiger partial charge on any atom is 0.252 e. The topological polar surface area (TPSA) is 71.2 Å². The molecule has 3 N–H and O–H groups in total. The van der Waals surface area contributed by atoms with E-state index in [2.05, 4.69) is 46.4 Å². The van der Waals surface area contributed by atoms with Crippen LogP contribution in [0.2, 0.25) is 0 Å². The number of nitrogens with two attached hydrogens (primary N) is 1. The molecule has 5 heteroatoms. The van der Waals surface area contributed by atoms with E-state index in [0.29, 0.717) is 5.56 Å². The summed E-state index contributed by atoms with van der Waals surface area (Å²) in [6, 6.07) is 10.8. The number of pyridine rings is 1. The minimum Gasteiger partial charge on any atom is -0.382 e. The van der Waals surface area contributed by atoms with E-state index >= 15 is 0 Å². The molecule has 1 fully saturated rings. The zero-order chi connectivity index (χ0) is 16.9. The van der Waals surface area contributed by atoms with E-state index in [1.54, 1.807) is 12.3 Å². The number of hydrogen-bond acceptors (Lipinski definition) is 4. The van der Waals surface area contributed by atoms with Crippen molar-refractivity contribution in [3.8, 4) is 0 Å². The van der Waals surface area contributed by atoms with Gasteiger partial charge in [-0.2, -0.15) is 0 Å². The Balaban J connectivity index is 1.80. The number of hydrogen-bond donors (Lipinski definition) is 2. The van der Waals surface area contributed by atoms with Gasteiger partial charge in [-0.25, -0.2) is 0 Å². The monoisotopic (exact) mass is 324 g/mol. The number of nitrogens with one attached hydrogen (secondary N) is 1. The highest BCUT2D eigenvalue weighted by Crippen LogP contribution is 2.26. The number of aryl methyl sites for hydroxylation is 1. The predicted molar refractivity (Wildman–Crippen MR) is 96.0 cm³/mol. The number of rotatable bonds is 6. The van der Waals surface area contributed by atoms with E-state index in [1.807, 2.05) is 0 Å². The first-order valence-electron chi connectivity index (χ1n) is 8.43. The fourth-order valence-corrected chi connectivity index (χ4v) is 3.25. The van der Waals surface area contributed by atoms with Crippen LogP contribution in [0.1, 0.15) is 40.4 Å². The molecule has 0 bridgehead atoms. The molecule has 1 amide bonds. The molecular weight excluding hydrogens is 300 g/mol. The Morgan fingerprint density at radius 3 is 2.62 bits per heavy atom. The van der Waals surface area contributed by atoms with Gasteiger partial charge in [-0.3, -0.25) is 14.7 Å². The van der Waals surface area contributed by atoms with Crippen LogP contribution in [0.3, 0.4) is 0 Å². The molecule has 5 nitrogen and oxygen atoms in total. The third kappa shape index (κ3) is 3.74. The lowest BCUT2D eigenvalue weighted by atomic mass is 10.0. The van der Waals surface area contributed by atoms with Gasteiger partial charge >= 0.3 is 0 Å². The van der Waals surface area contributed by atoms with Crippen molar-refractivity contribution in [2.24, 2.45) is 5.73 Å². The summed E-state index contributed by atoms with van der Waals surface area (Å²) in [6.07, 6.45) is 5.67. The van der Waals surface area contributed by atoms with Gasteiger partial charge in [0, 0.05) is 18.9 Å². The van der Waals surface area contributed by atoms with Crippen LogP contribution in [0.4, 0.5) is 5.69 Å². The van der Waals surface area contributed by atoms with E-state index in [1.165, 1.54) is 30.2 Å². The van der Waals surface area contributed by atoms with Gasteiger partial charge < -0.3 is 11.1 Å². The van der Waals surface area contributed by atoms with E-state index in [9.17, 15) is 4.79 Å². The van der Waals surface area contributed by atoms with Gasteiger partial charge in [0.1, 0.15) is 0 Å². The molecule has 0 spiro atoms. The maximum absolute atomic E-state index is 11.6. The molecule has 0 saturated carbocycles. The number of primary amides is 1. The smallest absolute Gasteiger partial charge is 0.252 e. The fraction of sp³-hybridized carbons (Fsp3) is 0.368. The van der Waals surface area contributed by atoms with Crippen molar-refractivity contribution >= 4 is 11.6 Å². The average Bonchev–Trinajstić information content (AvgIpc) is 3.11. The number of likely N-dealkylation sites (tertiary alicyclic amines) is 1. The molecule has 0 radical (unpaired) electrons. The number of carbonyl (C=O) groups is 1. The van der Waals surface area contributed by atoms with Crippen LogP contribution in [0.15, 0.2) is 42.7 Å². The van der Waals surface area contributed by atoms with Gasteiger partial charge in [-0.15, -0.1) is 0 Å². The molecule has 1 aliphatic heterocycles. The number of benzene rings is 1. The minimum absolute atomic E-state index is 0.280.